The molecule has 2 fully saturated rings. The van der Waals surface area contributed by atoms with Crippen molar-refractivity contribution in [2.24, 2.45) is 11.8 Å². The Hall–Kier alpha value is -1.88. The second-order valence-electron chi connectivity index (χ2n) is 6.59. The smallest absolute Gasteiger partial charge is 0.213 e. The molecule has 116 valence electrons. The zero-order chi connectivity index (χ0) is 14.9. The second-order valence-corrected chi connectivity index (χ2v) is 6.59. The van der Waals surface area contributed by atoms with Crippen LogP contribution in [0.15, 0.2) is 42.9 Å². The van der Waals surface area contributed by atoms with Crippen molar-refractivity contribution in [1.82, 2.24) is 19.7 Å². The number of hydrogen-bond donors (Lipinski definition) is 0. The third-order valence-electron chi connectivity index (χ3n) is 5.04. The molecule has 1 saturated carbocycles. The normalized spacial score (nSPS) is 31.9. The molecule has 0 amide bonds. The number of likely N-dealkylation sites (tertiary alicyclic amines) is 1. The summed E-state index contributed by atoms with van der Waals surface area (Å²) >= 11 is 0. The average molecular weight is 298 g/mol. The Morgan fingerprint density at radius 2 is 1.95 bits per heavy atom. The molecule has 5 nitrogen and oxygen atoms in total. The van der Waals surface area contributed by atoms with Crippen LogP contribution in [0.3, 0.4) is 0 Å². The van der Waals surface area contributed by atoms with Crippen molar-refractivity contribution in [2.75, 3.05) is 20.1 Å². The van der Waals surface area contributed by atoms with Gasteiger partial charge in [0.1, 0.15) is 6.10 Å². The predicted molar refractivity (Wildman–Crippen MR) is 83.6 cm³/mol. The van der Waals surface area contributed by atoms with E-state index in [-0.39, 0.29) is 6.10 Å². The van der Waals surface area contributed by atoms with Crippen molar-refractivity contribution in [3.05, 3.63) is 42.9 Å². The van der Waals surface area contributed by atoms with E-state index in [4.69, 9.17) is 4.74 Å². The minimum absolute atomic E-state index is 0.141. The minimum atomic E-state index is 0.141. The zero-order valence-corrected chi connectivity index (χ0v) is 12.9. The summed E-state index contributed by atoms with van der Waals surface area (Å²) in [5.41, 5.74) is 0. The van der Waals surface area contributed by atoms with Crippen molar-refractivity contribution in [1.29, 1.82) is 0 Å². The Balaban J connectivity index is 1.58. The molecule has 1 aliphatic carbocycles. The van der Waals surface area contributed by atoms with E-state index in [0.717, 1.165) is 30.6 Å². The monoisotopic (exact) mass is 298 g/mol. The van der Waals surface area contributed by atoms with Gasteiger partial charge in [0.2, 0.25) is 5.88 Å². The first-order valence-corrected chi connectivity index (χ1v) is 8.05. The van der Waals surface area contributed by atoms with Gasteiger partial charge in [-0.2, -0.15) is 5.10 Å². The van der Waals surface area contributed by atoms with Crippen LogP contribution in [0.5, 0.6) is 5.88 Å². The molecule has 2 aliphatic rings. The van der Waals surface area contributed by atoms with E-state index in [2.05, 4.69) is 32.9 Å². The summed E-state index contributed by atoms with van der Waals surface area (Å²) in [6, 6.07) is 8.11. The molecule has 3 heterocycles. The molecule has 2 aromatic heterocycles. The Morgan fingerprint density at radius 3 is 2.68 bits per heavy atom. The number of fused-ring (bicyclic) bond motifs is 1. The molecule has 2 aromatic rings. The summed E-state index contributed by atoms with van der Waals surface area (Å²) in [5, 5.41) is 4.47. The predicted octanol–water partition coefficient (Wildman–Crippen LogP) is 2.24. The fraction of sp³-hybridized carbons (Fsp3) is 0.529. The average Bonchev–Trinajstić information content (AvgIpc) is 3.15. The van der Waals surface area contributed by atoms with Crippen LogP contribution >= 0.6 is 0 Å². The van der Waals surface area contributed by atoms with Crippen molar-refractivity contribution < 1.29 is 4.74 Å². The number of nitrogens with zero attached hydrogens (tertiary/aromatic N) is 4. The quantitative estimate of drug-likeness (QED) is 0.871. The van der Waals surface area contributed by atoms with Crippen LogP contribution < -0.4 is 4.74 Å². The van der Waals surface area contributed by atoms with Gasteiger partial charge in [0.05, 0.1) is 6.04 Å². The highest BCUT2D eigenvalue weighted by Crippen LogP contribution is 2.41. The van der Waals surface area contributed by atoms with Crippen LogP contribution in [0.4, 0.5) is 0 Å². The maximum absolute atomic E-state index is 6.24. The lowest BCUT2D eigenvalue weighted by atomic mass is 9.77. The van der Waals surface area contributed by atoms with Gasteiger partial charge in [-0.05, 0) is 43.9 Å². The van der Waals surface area contributed by atoms with Crippen LogP contribution in [0.1, 0.15) is 18.9 Å². The van der Waals surface area contributed by atoms with Crippen LogP contribution in [-0.2, 0) is 0 Å². The van der Waals surface area contributed by atoms with E-state index in [1.165, 1.54) is 13.1 Å². The molecule has 1 aliphatic heterocycles. The van der Waals surface area contributed by atoms with E-state index < -0.39 is 0 Å². The van der Waals surface area contributed by atoms with Gasteiger partial charge in [0, 0.05) is 37.7 Å². The van der Waals surface area contributed by atoms with E-state index in [9.17, 15) is 0 Å². The topological polar surface area (TPSA) is 43.2 Å². The summed E-state index contributed by atoms with van der Waals surface area (Å²) in [7, 11) is 2.22. The van der Waals surface area contributed by atoms with Gasteiger partial charge < -0.3 is 9.64 Å². The third kappa shape index (κ3) is 2.61. The van der Waals surface area contributed by atoms with E-state index in [0.29, 0.717) is 6.04 Å². The van der Waals surface area contributed by atoms with Gasteiger partial charge in [-0.15, -0.1) is 0 Å². The highest BCUT2D eigenvalue weighted by Gasteiger charge is 2.43. The number of rotatable bonds is 3. The molecular weight excluding hydrogens is 276 g/mol. The van der Waals surface area contributed by atoms with Crippen molar-refractivity contribution >= 4 is 0 Å². The lowest BCUT2D eigenvalue weighted by Gasteiger charge is -2.37. The fourth-order valence-electron chi connectivity index (χ4n) is 4.08. The molecule has 0 radical (unpaired) electrons. The highest BCUT2D eigenvalue weighted by molar-refractivity contribution is 5.11. The molecule has 0 bridgehead atoms. The summed E-state index contributed by atoms with van der Waals surface area (Å²) < 4.78 is 8.32. The lowest BCUT2D eigenvalue weighted by molar-refractivity contribution is 0.0459. The standard InChI is InChI=1S/C17H22N4O/c1-20-11-13-9-15(21-8-4-7-19-21)16(10-14(13)12-20)22-17-5-2-3-6-18-17/h2-8,13-16H,9-12H2,1H3/t13-,14+,15-,16-/m0/s1. The Bertz CT molecular complexity index is 600. The number of ether oxygens (including phenoxy) is 1. The van der Waals surface area contributed by atoms with E-state index >= 15 is 0 Å². The van der Waals surface area contributed by atoms with Gasteiger partial charge in [0.25, 0.3) is 0 Å². The Kier molecular flexibility index (Phi) is 3.58. The third-order valence-corrected chi connectivity index (χ3v) is 5.04. The second kappa shape index (κ2) is 5.72. The van der Waals surface area contributed by atoms with Crippen molar-refractivity contribution in [3.63, 3.8) is 0 Å². The molecule has 0 spiro atoms. The molecule has 1 saturated heterocycles. The molecule has 5 heteroatoms. The first-order valence-electron chi connectivity index (χ1n) is 8.05. The molecule has 4 rings (SSSR count). The van der Waals surface area contributed by atoms with Crippen molar-refractivity contribution in [3.8, 4) is 5.88 Å². The van der Waals surface area contributed by atoms with Gasteiger partial charge in [-0.1, -0.05) is 6.07 Å². The maximum Gasteiger partial charge on any atom is 0.213 e. The minimum Gasteiger partial charge on any atom is -0.472 e. The highest BCUT2D eigenvalue weighted by atomic mass is 16.5. The number of aromatic nitrogens is 3. The first-order chi connectivity index (χ1) is 10.8. The summed E-state index contributed by atoms with van der Waals surface area (Å²) in [4.78, 5) is 6.77. The van der Waals surface area contributed by atoms with Gasteiger partial charge >= 0.3 is 0 Å². The van der Waals surface area contributed by atoms with Gasteiger partial charge in [-0.25, -0.2) is 4.98 Å². The maximum atomic E-state index is 6.24. The molecular formula is C17H22N4O. The van der Waals surface area contributed by atoms with Crippen LogP contribution in [0, 0.1) is 11.8 Å². The summed E-state index contributed by atoms with van der Waals surface area (Å²) in [6.45, 7) is 2.37. The summed E-state index contributed by atoms with van der Waals surface area (Å²) in [5.74, 6) is 2.20. The molecule has 0 N–H and O–H groups in total. The molecule has 4 atom stereocenters. The SMILES string of the molecule is CN1C[C@H]2C[C@H](Oc3ccccn3)[C@@H](n3cccn3)C[C@H]2C1. The van der Waals surface area contributed by atoms with E-state index in [1.807, 2.05) is 30.5 Å². The van der Waals surface area contributed by atoms with Gasteiger partial charge in [-0.3, -0.25) is 4.68 Å². The van der Waals surface area contributed by atoms with Crippen LogP contribution in [0.25, 0.3) is 0 Å². The van der Waals surface area contributed by atoms with Gasteiger partial charge in [0.15, 0.2) is 0 Å². The Labute approximate surface area is 130 Å². The number of hydrogen-bond acceptors (Lipinski definition) is 4. The van der Waals surface area contributed by atoms with Crippen LogP contribution in [0.2, 0.25) is 0 Å². The van der Waals surface area contributed by atoms with Crippen molar-refractivity contribution in [2.45, 2.75) is 25.0 Å². The van der Waals surface area contributed by atoms with Crippen LogP contribution in [-0.4, -0.2) is 45.9 Å². The number of pyridine rings is 1. The Morgan fingerprint density at radius 1 is 1.09 bits per heavy atom. The lowest BCUT2D eigenvalue weighted by Crippen LogP contribution is -2.40. The van der Waals surface area contributed by atoms with E-state index in [1.54, 1.807) is 6.20 Å². The summed E-state index contributed by atoms with van der Waals surface area (Å²) in [6.07, 6.45) is 8.04. The molecule has 0 aromatic carbocycles. The molecule has 0 unspecified atom stereocenters. The zero-order valence-electron chi connectivity index (χ0n) is 12.9. The largest absolute Gasteiger partial charge is 0.472 e. The fourth-order valence-corrected chi connectivity index (χ4v) is 4.08. The molecule has 22 heavy (non-hydrogen) atoms. The first kappa shape index (κ1) is 13.8.